The van der Waals surface area contributed by atoms with Gasteiger partial charge in [-0.15, -0.1) is 0 Å². The molecule has 40 heavy (non-hydrogen) atoms. The van der Waals surface area contributed by atoms with Crippen LogP contribution in [0.1, 0.15) is 65.0 Å². The Labute approximate surface area is 236 Å². The fourth-order valence-electron chi connectivity index (χ4n) is 8.85. The van der Waals surface area contributed by atoms with E-state index in [1.54, 1.807) is 0 Å². The normalized spacial score (nSPS) is 40.5. The molecule has 2 aromatic rings. The lowest BCUT2D eigenvalue weighted by atomic mass is 9.43. The van der Waals surface area contributed by atoms with Crippen LogP contribution in [0.3, 0.4) is 0 Å². The monoisotopic (exact) mass is 619 g/mol. The van der Waals surface area contributed by atoms with Gasteiger partial charge in [0.2, 0.25) is 12.7 Å². The Morgan fingerprint density at radius 3 is 2.45 bits per heavy atom. The van der Waals surface area contributed by atoms with Gasteiger partial charge in [-0.1, -0.05) is 13.8 Å². The van der Waals surface area contributed by atoms with Gasteiger partial charge in [-0.05, 0) is 73.3 Å². The number of aromatic nitrogens is 4. The zero-order valence-electron chi connectivity index (χ0n) is 22.3. The molecule has 4 saturated carbocycles. The van der Waals surface area contributed by atoms with Crippen molar-refractivity contribution in [1.82, 2.24) is 19.5 Å². The van der Waals surface area contributed by atoms with Gasteiger partial charge in [0, 0.05) is 11.7 Å². The molecule has 9 atom stereocenters. The van der Waals surface area contributed by atoms with E-state index in [2.05, 4.69) is 34.1 Å². The number of anilines is 1. The van der Waals surface area contributed by atoms with Crippen molar-refractivity contribution < 1.29 is 37.4 Å². The molecule has 16 heteroatoms. The Bertz CT molecular complexity index is 1490. The van der Waals surface area contributed by atoms with Crippen LogP contribution >= 0.6 is 19.0 Å². The fraction of sp³-hybridized carbons (Fsp3) is 0.792. The Morgan fingerprint density at radius 2 is 1.82 bits per heavy atom. The molecule has 3 heterocycles. The number of imidazole rings is 1. The minimum atomic E-state index is -4.67. The topological polar surface area (TPSA) is 197 Å². The van der Waals surface area contributed by atoms with Crippen LogP contribution in [0, 0.1) is 16.7 Å². The van der Waals surface area contributed by atoms with Crippen molar-refractivity contribution in [3.63, 3.8) is 0 Å². The molecule has 7 rings (SSSR count). The van der Waals surface area contributed by atoms with E-state index in [4.69, 9.17) is 20.9 Å². The fourth-order valence-corrected chi connectivity index (χ4v) is 12.2. The number of ether oxygens (including phenoxy) is 1. The molecular formula is C24H35ClN5O8PS. The van der Waals surface area contributed by atoms with Gasteiger partial charge in [0.25, 0.3) is 10.1 Å². The minimum absolute atomic E-state index is 0.0186. The van der Waals surface area contributed by atoms with Gasteiger partial charge < -0.3 is 25.2 Å². The third-order valence-corrected chi connectivity index (χ3v) is 13.2. The number of fused-ring (bicyclic) bond motifs is 1. The summed E-state index contributed by atoms with van der Waals surface area (Å²) in [5, 5.41) is 25.1. The third kappa shape index (κ3) is 5.30. The van der Waals surface area contributed by atoms with E-state index in [1.807, 2.05) is 0 Å². The summed E-state index contributed by atoms with van der Waals surface area (Å²) in [5.74, 6) is 1.15. The van der Waals surface area contributed by atoms with Crippen LogP contribution in [-0.2, 0) is 19.4 Å². The SMILES string of the molecule is C[C@]12C[C@@H]3C[C@](C)(C1)C[C@@](Nc1nc(Cl)nc4c1ncn4[C@@H]1O[C@H](CCP(=O)(O)CS(=O)(=O)O)C(O)[C@@H]1O)(C3)C2. The maximum atomic E-state index is 12.2. The number of nitrogens with zero attached hydrogens (tertiary/aromatic N) is 4. The van der Waals surface area contributed by atoms with E-state index in [-0.39, 0.29) is 28.1 Å². The van der Waals surface area contributed by atoms with E-state index >= 15 is 0 Å². The third-order valence-electron chi connectivity index (χ3n) is 9.14. The molecule has 2 unspecified atom stereocenters. The molecule has 2 aromatic heterocycles. The van der Waals surface area contributed by atoms with Crippen molar-refractivity contribution in [2.45, 2.75) is 88.9 Å². The van der Waals surface area contributed by atoms with E-state index in [0.29, 0.717) is 22.9 Å². The van der Waals surface area contributed by atoms with Crippen molar-refractivity contribution in [2.75, 3.05) is 17.0 Å². The number of aliphatic hydroxyl groups excluding tert-OH is 2. The lowest BCUT2D eigenvalue weighted by molar-refractivity contribution is -0.0973. The highest BCUT2D eigenvalue weighted by molar-refractivity contribution is 7.93. The molecular weight excluding hydrogens is 585 g/mol. The molecule has 13 nitrogen and oxygen atoms in total. The molecule has 0 amide bonds. The van der Waals surface area contributed by atoms with E-state index in [9.17, 15) is 28.1 Å². The van der Waals surface area contributed by atoms with Crippen molar-refractivity contribution in [1.29, 1.82) is 0 Å². The highest BCUT2D eigenvalue weighted by Gasteiger charge is 2.60. The number of aliphatic hydroxyl groups is 2. The summed E-state index contributed by atoms with van der Waals surface area (Å²) in [6.45, 7) is 4.75. The molecule has 5 N–H and O–H groups in total. The van der Waals surface area contributed by atoms with Crippen LogP contribution in [-0.4, -0.2) is 83.1 Å². The van der Waals surface area contributed by atoms with Crippen LogP contribution in [0.5, 0.6) is 0 Å². The Morgan fingerprint density at radius 1 is 1.15 bits per heavy atom. The predicted octanol–water partition coefficient (Wildman–Crippen LogP) is 2.77. The summed E-state index contributed by atoms with van der Waals surface area (Å²) in [4.78, 5) is 23.3. The highest BCUT2D eigenvalue weighted by atomic mass is 35.5. The first-order chi connectivity index (χ1) is 18.5. The molecule has 0 spiro atoms. The average molecular weight is 620 g/mol. The second kappa shape index (κ2) is 9.31. The van der Waals surface area contributed by atoms with Crippen molar-refractivity contribution >= 4 is 46.1 Å². The summed E-state index contributed by atoms with van der Waals surface area (Å²) >= 11 is 6.36. The van der Waals surface area contributed by atoms with Gasteiger partial charge in [-0.2, -0.15) is 18.4 Å². The molecule has 4 aliphatic carbocycles. The van der Waals surface area contributed by atoms with Crippen LogP contribution in [0.25, 0.3) is 11.2 Å². The van der Waals surface area contributed by atoms with Crippen molar-refractivity contribution in [3.8, 4) is 0 Å². The molecule has 0 radical (unpaired) electrons. The first-order valence-electron chi connectivity index (χ1n) is 13.4. The summed E-state index contributed by atoms with van der Waals surface area (Å²) < 4.78 is 50.5. The second-order valence-corrected chi connectivity index (χ2v) is 18.0. The molecule has 4 bridgehead atoms. The second-order valence-electron chi connectivity index (χ2n) is 13.3. The zero-order chi connectivity index (χ0) is 28.9. The Hall–Kier alpha value is -1.38. The predicted molar refractivity (Wildman–Crippen MR) is 146 cm³/mol. The zero-order valence-corrected chi connectivity index (χ0v) is 24.7. The standard InChI is InChI=1S/C24H35ClN5O8PS/c1-22-5-13-6-23(2,8-22)10-24(7-13,9-22)29-18-15-19(28-21(25)27-18)30(11-26-15)20-17(32)16(31)14(38-20)3-4-39(33,34)12-40(35,36)37/h11,13-14,16-17,20,31-32H,3-10,12H2,1-2H3,(H,33,34)(H,27,28,29)(H,35,36,37)/t13-,14-,16?,17+,20-,22+,23-,24-/m1/s1. The van der Waals surface area contributed by atoms with Gasteiger partial charge in [-0.3, -0.25) is 13.7 Å². The van der Waals surface area contributed by atoms with Gasteiger partial charge in [-0.25, -0.2) is 4.98 Å². The summed E-state index contributed by atoms with van der Waals surface area (Å²) in [6, 6.07) is 0. The minimum Gasteiger partial charge on any atom is -0.388 e. The van der Waals surface area contributed by atoms with Gasteiger partial charge in [0.1, 0.15) is 12.2 Å². The van der Waals surface area contributed by atoms with Crippen LogP contribution in [0.4, 0.5) is 5.82 Å². The number of hydrogen-bond donors (Lipinski definition) is 5. The lowest BCUT2D eigenvalue weighted by Gasteiger charge is -2.65. The van der Waals surface area contributed by atoms with E-state index < -0.39 is 53.7 Å². The molecule has 5 aliphatic rings. The summed E-state index contributed by atoms with van der Waals surface area (Å²) in [5.41, 5.74) is -0.167. The summed E-state index contributed by atoms with van der Waals surface area (Å²) in [7, 11) is -8.93. The van der Waals surface area contributed by atoms with Crippen molar-refractivity contribution in [2.24, 2.45) is 16.7 Å². The number of hydrogen-bond acceptors (Lipinski definition) is 10. The van der Waals surface area contributed by atoms with Crippen LogP contribution < -0.4 is 5.32 Å². The molecule has 5 fully saturated rings. The largest absolute Gasteiger partial charge is 0.388 e. The maximum absolute atomic E-state index is 12.2. The van der Waals surface area contributed by atoms with Gasteiger partial charge >= 0.3 is 0 Å². The van der Waals surface area contributed by atoms with Crippen molar-refractivity contribution in [3.05, 3.63) is 11.6 Å². The van der Waals surface area contributed by atoms with Gasteiger partial charge in [0.15, 0.2) is 28.7 Å². The summed E-state index contributed by atoms with van der Waals surface area (Å²) in [6.07, 6.45) is 2.36. The Kier molecular flexibility index (Phi) is 6.68. The number of halogens is 1. The molecule has 0 aromatic carbocycles. The average Bonchev–Trinajstić information content (AvgIpc) is 3.29. The van der Waals surface area contributed by atoms with Crippen LogP contribution in [0.2, 0.25) is 5.28 Å². The lowest BCUT2D eigenvalue weighted by Crippen LogP contribution is -2.61. The van der Waals surface area contributed by atoms with E-state index in [0.717, 1.165) is 19.3 Å². The molecule has 1 saturated heterocycles. The number of rotatable bonds is 8. The first kappa shape index (κ1) is 28.7. The Balaban J connectivity index is 1.25. The van der Waals surface area contributed by atoms with Crippen LogP contribution in [0.15, 0.2) is 6.33 Å². The maximum Gasteiger partial charge on any atom is 0.274 e. The molecule has 222 valence electrons. The smallest absolute Gasteiger partial charge is 0.274 e. The van der Waals surface area contributed by atoms with E-state index in [1.165, 1.54) is 30.2 Å². The van der Waals surface area contributed by atoms with Gasteiger partial charge in [0.05, 0.1) is 12.4 Å². The first-order valence-corrected chi connectivity index (χ1v) is 17.4. The quantitative estimate of drug-likeness (QED) is 0.165. The molecule has 1 aliphatic heterocycles. The number of nitrogens with one attached hydrogen (secondary N) is 1. The highest BCUT2D eigenvalue weighted by Crippen LogP contribution is 2.67.